The van der Waals surface area contributed by atoms with Crippen LogP contribution in [0.5, 0.6) is 0 Å². The second-order valence-electron chi connectivity index (χ2n) is 4.13. The van der Waals surface area contributed by atoms with E-state index in [1.165, 1.54) is 14.0 Å². The number of ketones is 1. The standard InChI is InChI=1S/C9H18N2O2/c1-6(12)7(9(2,3)4)11-8(13)10-5/h7H,1-5H3,(H2,10,11,13)/t7-/m1/s1. The molecule has 0 bridgehead atoms. The van der Waals surface area contributed by atoms with Gasteiger partial charge in [-0.05, 0) is 12.3 Å². The van der Waals surface area contributed by atoms with Gasteiger partial charge in [-0.3, -0.25) is 4.79 Å². The van der Waals surface area contributed by atoms with Crippen LogP contribution >= 0.6 is 0 Å². The van der Waals surface area contributed by atoms with Gasteiger partial charge < -0.3 is 10.6 Å². The summed E-state index contributed by atoms with van der Waals surface area (Å²) >= 11 is 0. The maximum Gasteiger partial charge on any atom is 0.315 e. The molecule has 0 aromatic rings. The Morgan fingerprint density at radius 3 is 1.92 bits per heavy atom. The van der Waals surface area contributed by atoms with Gasteiger partial charge in [0.05, 0.1) is 6.04 Å². The Balaban J connectivity index is 4.46. The summed E-state index contributed by atoms with van der Waals surface area (Å²) in [5.74, 6) is -0.0314. The second-order valence-corrected chi connectivity index (χ2v) is 4.13. The van der Waals surface area contributed by atoms with Gasteiger partial charge in [0.25, 0.3) is 0 Å². The Bertz CT molecular complexity index is 206. The predicted octanol–water partition coefficient (Wildman–Crippen LogP) is 0.919. The number of urea groups is 1. The topological polar surface area (TPSA) is 58.2 Å². The molecular weight excluding hydrogens is 168 g/mol. The molecule has 0 fully saturated rings. The Kier molecular flexibility index (Phi) is 3.91. The molecule has 4 heteroatoms. The number of rotatable bonds is 2. The zero-order chi connectivity index (χ0) is 10.6. The summed E-state index contributed by atoms with van der Waals surface area (Å²) in [6.45, 7) is 7.21. The monoisotopic (exact) mass is 186 g/mol. The number of carbonyl (C=O) groups excluding carboxylic acids is 2. The highest BCUT2D eigenvalue weighted by molar-refractivity contribution is 5.87. The normalized spacial score (nSPS) is 13.3. The number of hydrogen-bond donors (Lipinski definition) is 2. The van der Waals surface area contributed by atoms with Gasteiger partial charge in [0.1, 0.15) is 0 Å². The van der Waals surface area contributed by atoms with Gasteiger partial charge in [-0.25, -0.2) is 4.79 Å². The highest BCUT2D eigenvalue weighted by Crippen LogP contribution is 2.19. The maximum atomic E-state index is 11.2. The molecule has 0 aromatic carbocycles. The van der Waals surface area contributed by atoms with Gasteiger partial charge in [-0.2, -0.15) is 0 Å². The second kappa shape index (κ2) is 4.25. The Labute approximate surface area is 79.1 Å². The Hall–Kier alpha value is -1.06. The van der Waals surface area contributed by atoms with Crippen molar-refractivity contribution in [1.82, 2.24) is 10.6 Å². The van der Waals surface area contributed by atoms with E-state index in [-0.39, 0.29) is 17.2 Å². The highest BCUT2D eigenvalue weighted by Gasteiger charge is 2.29. The van der Waals surface area contributed by atoms with Gasteiger partial charge in [-0.15, -0.1) is 0 Å². The summed E-state index contributed by atoms with van der Waals surface area (Å²) in [6, 6.07) is -0.762. The zero-order valence-corrected chi connectivity index (χ0v) is 8.89. The van der Waals surface area contributed by atoms with Crippen molar-refractivity contribution >= 4 is 11.8 Å². The van der Waals surface area contributed by atoms with E-state index in [0.29, 0.717) is 0 Å². The van der Waals surface area contributed by atoms with Crippen LogP contribution in [0.25, 0.3) is 0 Å². The molecule has 0 rings (SSSR count). The number of hydrogen-bond acceptors (Lipinski definition) is 2. The third-order valence-corrected chi connectivity index (χ3v) is 1.78. The molecular formula is C9H18N2O2. The van der Waals surface area contributed by atoms with Crippen LogP contribution < -0.4 is 10.6 Å². The number of nitrogens with one attached hydrogen (secondary N) is 2. The summed E-state index contributed by atoms with van der Waals surface area (Å²) < 4.78 is 0. The van der Waals surface area contributed by atoms with Crippen molar-refractivity contribution < 1.29 is 9.59 Å². The van der Waals surface area contributed by atoms with Gasteiger partial charge in [0, 0.05) is 7.05 Å². The van der Waals surface area contributed by atoms with Crippen molar-refractivity contribution in [3.63, 3.8) is 0 Å². The van der Waals surface area contributed by atoms with Crippen molar-refractivity contribution in [3.8, 4) is 0 Å². The molecule has 0 radical (unpaired) electrons. The van der Waals surface area contributed by atoms with Crippen LogP contribution in [0.3, 0.4) is 0 Å². The van der Waals surface area contributed by atoms with E-state index in [1.807, 2.05) is 20.8 Å². The van der Waals surface area contributed by atoms with Crippen molar-refractivity contribution in [2.24, 2.45) is 5.41 Å². The SMILES string of the molecule is CNC(=O)N[C@H](C(C)=O)C(C)(C)C. The summed E-state index contributed by atoms with van der Waals surface area (Å²) in [5, 5.41) is 5.03. The minimum absolute atomic E-state index is 0.0314. The molecule has 0 unspecified atom stereocenters. The summed E-state index contributed by atoms with van der Waals surface area (Å²) in [6.07, 6.45) is 0. The summed E-state index contributed by atoms with van der Waals surface area (Å²) in [7, 11) is 1.52. The molecule has 0 saturated heterocycles. The Morgan fingerprint density at radius 1 is 1.23 bits per heavy atom. The van der Waals surface area contributed by atoms with Crippen molar-refractivity contribution in [2.45, 2.75) is 33.7 Å². The van der Waals surface area contributed by atoms with Crippen molar-refractivity contribution in [2.75, 3.05) is 7.05 Å². The predicted molar refractivity (Wildman–Crippen MR) is 51.5 cm³/mol. The molecule has 0 heterocycles. The first kappa shape index (κ1) is 11.9. The summed E-state index contributed by atoms with van der Waals surface area (Å²) in [4.78, 5) is 22.2. The van der Waals surface area contributed by atoms with Crippen LogP contribution in [-0.2, 0) is 4.79 Å². The lowest BCUT2D eigenvalue weighted by Crippen LogP contribution is -2.50. The van der Waals surface area contributed by atoms with Gasteiger partial charge in [-0.1, -0.05) is 20.8 Å². The number of Topliss-reactive ketones (excluding diaryl/α,β-unsaturated/α-hetero) is 1. The van der Waals surface area contributed by atoms with Crippen LogP contribution in [0.4, 0.5) is 4.79 Å². The van der Waals surface area contributed by atoms with Crippen LogP contribution in [0.1, 0.15) is 27.7 Å². The number of amides is 2. The minimum atomic E-state index is -0.438. The molecule has 1 atom stereocenters. The molecule has 0 aliphatic rings. The molecule has 4 nitrogen and oxygen atoms in total. The first-order valence-corrected chi connectivity index (χ1v) is 4.27. The third-order valence-electron chi connectivity index (χ3n) is 1.78. The summed E-state index contributed by atoms with van der Waals surface area (Å²) in [5.41, 5.74) is -0.252. The van der Waals surface area contributed by atoms with E-state index in [9.17, 15) is 9.59 Å². The molecule has 76 valence electrons. The minimum Gasteiger partial charge on any atom is -0.341 e. The van der Waals surface area contributed by atoms with E-state index in [0.717, 1.165) is 0 Å². The lowest BCUT2D eigenvalue weighted by molar-refractivity contribution is -0.121. The lowest BCUT2D eigenvalue weighted by atomic mass is 9.84. The van der Waals surface area contributed by atoms with Gasteiger partial charge >= 0.3 is 6.03 Å². The average molecular weight is 186 g/mol. The Morgan fingerprint density at radius 2 is 1.69 bits per heavy atom. The molecule has 2 amide bonds. The highest BCUT2D eigenvalue weighted by atomic mass is 16.2. The first-order chi connectivity index (χ1) is 5.79. The van der Waals surface area contributed by atoms with Gasteiger partial charge in [0.15, 0.2) is 5.78 Å². The molecule has 0 aliphatic carbocycles. The zero-order valence-electron chi connectivity index (χ0n) is 8.89. The molecule has 13 heavy (non-hydrogen) atoms. The van der Waals surface area contributed by atoms with E-state index in [2.05, 4.69) is 10.6 Å². The van der Waals surface area contributed by atoms with Crippen molar-refractivity contribution in [1.29, 1.82) is 0 Å². The number of carbonyl (C=O) groups is 2. The fourth-order valence-electron chi connectivity index (χ4n) is 1.13. The molecule has 0 spiro atoms. The van der Waals surface area contributed by atoms with E-state index in [1.54, 1.807) is 0 Å². The average Bonchev–Trinajstić information content (AvgIpc) is 1.96. The van der Waals surface area contributed by atoms with Crippen LogP contribution in [-0.4, -0.2) is 24.9 Å². The van der Waals surface area contributed by atoms with Crippen LogP contribution in [0, 0.1) is 5.41 Å². The van der Waals surface area contributed by atoms with E-state index < -0.39 is 6.04 Å². The fraction of sp³-hybridized carbons (Fsp3) is 0.778. The van der Waals surface area contributed by atoms with Crippen molar-refractivity contribution in [3.05, 3.63) is 0 Å². The van der Waals surface area contributed by atoms with Gasteiger partial charge in [0.2, 0.25) is 0 Å². The lowest BCUT2D eigenvalue weighted by Gasteiger charge is -2.28. The fourth-order valence-corrected chi connectivity index (χ4v) is 1.13. The third kappa shape index (κ3) is 3.92. The van der Waals surface area contributed by atoms with E-state index in [4.69, 9.17) is 0 Å². The maximum absolute atomic E-state index is 11.2. The molecule has 0 saturated carbocycles. The van der Waals surface area contributed by atoms with Crippen LogP contribution in [0.2, 0.25) is 0 Å². The van der Waals surface area contributed by atoms with E-state index >= 15 is 0 Å². The quantitative estimate of drug-likeness (QED) is 0.673. The molecule has 2 N–H and O–H groups in total. The largest absolute Gasteiger partial charge is 0.341 e. The smallest absolute Gasteiger partial charge is 0.315 e. The molecule has 0 aliphatic heterocycles. The first-order valence-electron chi connectivity index (χ1n) is 4.27. The molecule has 0 aromatic heterocycles. The van der Waals surface area contributed by atoms with Crippen LogP contribution in [0.15, 0.2) is 0 Å².